The summed E-state index contributed by atoms with van der Waals surface area (Å²) in [6, 6.07) is 3.09. The lowest BCUT2D eigenvalue weighted by Crippen LogP contribution is -2.25. The van der Waals surface area contributed by atoms with Gasteiger partial charge in [-0.1, -0.05) is 0 Å². The maximum Gasteiger partial charge on any atom is 0.250 e. The Morgan fingerprint density at radius 2 is 2.28 bits per heavy atom. The highest BCUT2D eigenvalue weighted by atomic mass is 32.2. The first-order chi connectivity index (χ1) is 8.62. The fourth-order valence-corrected chi connectivity index (χ4v) is 3.69. The number of aliphatic hydroxyl groups is 1. The van der Waals surface area contributed by atoms with Crippen molar-refractivity contribution in [3.05, 3.63) is 35.2 Å². The molecule has 0 fully saturated rings. The van der Waals surface area contributed by atoms with E-state index in [9.17, 15) is 8.42 Å². The van der Waals surface area contributed by atoms with Crippen LogP contribution in [0.2, 0.25) is 0 Å². The van der Waals surface area contributed by atoms with Gasteiger partial charge in [-0.15, -0.1) is 11.3 Å². The first-order valence-corrected chi connectivity index (χ1v) is 7.59. The molecule has 0 spiro atoms. The summed E-state index contributed by atoms with van der Waals surface area (Å²) in [5.41, 5.74) is 0. The third kappa shape index (κ3) is 3.16. The van der Waals surface area contributed by atoms with Crippen LogP contribution in [0.1, 0.15) is 10.7 Å². The molecule has 0 saturated heterocycles. The number of sulfonamides is 1. The predicted molar refractivity (Wildman–Crippen MR) is 67.7 cm³/mol. The monoisotopic (exact) mass is 287 g/mol. The Morgan fingerprint density at radius 1 is 1.44 bits per heavy atom. The molecule has 2 aromatic rings. The fourth-order valence-electron chi connectivity index (χ4n) is 1.40. The molecule has 0 aliphatic carbocycles. The SMILES string of the molecule is O=S(=O)(NCCc1ncc[nH]1)c1ccc(CO)s1. The number of rotatable bonds is 6. The molecule has 0 atom stereocenters. The highest BCUT2D eigenvalue weighted by Gasteiger charge is 2.16. The minimum absolute atomic E-state index is 0.146. The van der Waals surface area contributed by atoms with Crippen LogP contribution in [-0.4, -0.2) is 30.0 Å². The van der Waals surface area contributed by atoms with Gasteiger partial charge in [-0.25, -0.2) is 18.1 Å². The van der Waals surface area contributed by atoms with Crippen molar-refractivity contribution in [1.29, 1.82) is 0 Å². The van der Waals surface area contributed by atoms with Crippen LogP contribution >= 0.6 is 11.3 Å². The van der Waals surface area contributed by atoms with Gasteiger partial charge in [-0.05, 0) is 12.1 Å². The molecule has 2 aromatic heterocycles. The number of aliphatic hydroxyl groups excluding tert-OH is 1. The maximum atomic E-state index is 11.9. The number of nitrogens with one attached hydrogen (secondary N) is 2. The van der Waals surface area contributed by atoms with Crippen molar-refractivity contribution in [1.82, 2.24) is 14.7 Å². The standard InChI is InChI=1S/C10H13N3O3S2/c14-7-8-1-2-10(17-8)18(15,16)13-4-3-9-11-5-6-12-9/h1-2,5-6,13-14H,3-4,7H2,(H,11,12). The first kappa shape index (κ1) is 13.2. The van der Waals surface area contributed by atoms with E-state index in [1.54, 1.807) is 18.5 Å². The third-order valence-corrected chi connectivity index (χ3v) is 5.29. The van der Waals surface area contributed by atoms with Crippen molar-refractivity contribution >= 4 is 21.4 Å². The van der Waals surface area contributed by atoms with Gasteiger partial charge in [0.1, 0.15) is 10.0 Å². The Morgan fingerprint density at radius 3 is 2.89 bits per heavy atom. The highest BCUT2D eigenvalue weighted by Crippen LogP contribution is 2.21. The van der Waals surface area contributed by atoms with Crippen LogP contribution < -0.4 is 4.72 Å². The summed E-state index contributed by atoms with van der Waals surface area (Å²) in [6.07, 6.45) is 3.82. The number of nitrogens with zero attached hydrogens (tertiary/aromatic N) is 1. The van der Waals surface area contributed by atoms with Crippen LogP contribution in [0.5, 0.6) is 0 Å². The number of imidazole rings is 1. The van der Waals surface area contributed by atoms with Crippen LogP contribution in [0.15, 0.2) is 28.7 Å². The second kappa shape index (κ2) is 5.61. The van der Waals surface area contributed by atoms with E-state index in [0.29, 0.717) is 11.3 Å². The molecule has 0 unspecified atom stereocenters. The molecule has 2 rings (SSSR count). The predicted octanol–water partition coefficient (Wildman–Crippen LogP) is 0.484. The molecular formula is C10H13N3O3S2. The van der Waals surface area contributed by atoms with Crippen LogP contribution in [-0.2, 0) is 23.1 Å². The lowest BCUT2D eigenvalue weighted by Gasteiger charge is -2.03. The number of hydrogen-bond acceptors (Lipinski definition) is 5. The minimum Gasteiger partial charge on any atom is -0.391 e. The molecule has 0 radical (unpaired) electrons. The quantitative estimate of drug-likeness (QED) is 0.720. The molecule has 0 amide bonds. The molecule has 0 aromatic carbocycles. The normalized spacial score (nSPS) is 11.8. The van der Waals surface area contributed by atoms with Gasteiger partial charge in [0, 0.05) is 30.2 Å². The summed E-state index contributed by atoms with van der Waals surface area (Å²) in [6.45, 7) is 0.134. The van der Waals surface area contributed by atoms with E-state index in [4.69, 9.17) is 5.11 Å². The largest absolute Gasteiger partial charge is 0.391 e. The summed E-state index contributed by atoms with van der Waals surface area (Å²) in [4.78, 5) is 7.53. The first-order valence-electron chi connectivity index (χ1n) is 5.29. The van der Waals surface area contributed by atoms with E-state index < -0.39 is 10.0 Å². The molecule has 3 N–H and O–H groups in total. The number of aromatic nitrogens is 2. The minimum atomic E-state index is -3.49. The zero-order valence-electron chi connectivity index (χ0n) is 9.46. The second-order valence-electron chi connectivity index (χ2n) is 3.56. The van der Waals surface area contributed by atoms with E-state index in [1.165, 1.54) is 6.07 Å². The summed E-state index contributed by atoms with van der Waals surface area (Å²) in [5.74, 6) is 0.736. The van der Waals surface area contributed by atoms with E-state index in [0.717, 1.165) is 17.2 Å². The molecule has 0 aliphatic rings. The Labute approximate surface area is 109 Å². The maximum absolute atomic E-state index is 11.9. The average Bonchev–Trinajstić information content (AvgIpc) is 2.99. The van der Waals surface area contributed by atoms with Crippen LogP contribution in [0, 0.1) is 0 Å². The van der Waals surface area contributed by atoms with Crippen LogP contribution in [0.3, 0.4) is 0 Å². The number of hydrogen-bond donors (Lipinski definition) is 3. The molecule has 18 heavy (non-hydrogen) atoms. The van der Waals surface area contributed by atoms with Crippen molar-refractivity contribution in [2.75, 3.05) is 6.54 Å². The van der Waals surface area contributed by atoms with Crippen LogP contribution in [0.4, 0.5) is 0 Å². The Kier molecular flexibility index (Phi) is 4.12. The second-order valence-corrected chi connectivity index (χ2v) is 6.72. The van der Waals surface area contributed by atoms with E-state index >= 15 is 0 Å². The topological polar surface area (TPSA) is 95.1 Å². The zero-order valence-corrected chi connectivity index (χ0v) is 11.1. The summed E-state index contributed by atoms with van der Waals surface area (Å²) < 4.78 is 26.5. The van der Waals surface area contributed by atoms with Crippen molar-refractivity contribution < 1.29 is 13.5 Å². The van der Waals surface area contributed by atoms with Crippen molar-refractivity contribution in [2.24, 2.45) is 0 Å². The Hall–Kier alpha value is -1.22. The molecule has 98 valence electrons. The highest BCUT2D eigenvalue weighted by molar-refractivity contribution is 7.91. The van der Waals surface area contributed by atoms with Gasteiger partial charge in [0.2, 0.25) is 10.0 Å². The van der Waals surface area contributed by atoms with Gasteiger partial charge < -0.3 is 10.1 Å². The van der Waals surface area contributed by atoms with Crippen LogP contribution in [0.25, 0.3) is 0 Å². The van der Waals surface area contributed by atoms with E-state index in [-0.39, 0.29) is 17.4 Å². The fraction of sp³-hybridized carbons (Fsp3) is 0.300. The summed E-state index contributed by atoms with van der Waals surface area (Å²) in [7, 11) is -3.49. The number of H-pyrrole nitrogens is 1. The van der Waals surface area contributed by atoms with Gasteiger partial charge in [-0.3, -0.25) is 0 Å². The van der Waals surface area contributed by atoms with E-state index in [2.05, 4.69) is 14.7 Å². The average molecular weight is 287 g/mol. The lowest BCUT2D eigenvalue weighted by atomic mass is 10.4. The molecule has 2 heterocycles. The molecule has 0 aliphatic heterocycles. The molecule has 8 heteroatoms. The van der Waals surface area contributed by atoms with Gasteiger partial charge in [0.05, 0.1) is 6.61 Å². The summed E-state index contributed by atoms with van der Waals surface area (Å²) >= 11 is 1.06. The summed E-state index contributed by atoms with van der Waals surface area (Å²) in [5, 5.41) is 8.90. The number of thiophene rings is 1. The Bertz CT molecular complexity index is 590. The van der Waals surface area contributed by atoms with Gasteiger partial charge in [0.25, 0.3) is 0 Å². The smallest absolute Gasteiger partial charge is 0.250 e. The molecule has 6 nitrogen and oxygen atoms in total. The Balaban J connectivity index is 1.95. The van der Waals surface area contributed by atoms with Gasteiger partial charge in [0.15, 0.2) is 0 Å². The molecule has 0 bridgehead atoms. The van der Waals surface area contributed by atoms with Gasteiger partial charge in [-0.2, -0.15) is 0 Å². The number of aromatic amines is 1. The van der Waals surface area contributed by atoms with Gasteiger partial charge >= 0.3 is 0 Å². The lowest BCUT2D eigenvalue weighted by molar-refractivity contribution is 0.285. The molecule has 0 saturated carbocycles. The van der Waals surface area contributed by atoms with E-state index in [1.807, 2.05) is 0 Å². The zero-order chi connectivity index (χ0) is 13.0. The molecular weight excluding hydrogens is 274 g/mol. The van der Waals surface area contributed by atoms with Crippen molar-refractivity contribution in [3.8, 4) is 0 Å². The van der Waals surface area contributed by atoms with Crippen molar-refractivity contribution in [3.63, 3.8) is 0 Å². The van der Waals surface area contributed by atoms with Crippen molar-refractivity contribution in [2.45, 2.75) is 17.2 Å². The third-order valence-electron chi connectivity index (χ3n) is 2.27.